The van der Waals surface area contributed by atoms with Gasteiger partial charge in [0.05, 0.1) is 18.1 Å². The highest BCUT2D eigenvalue weighted by atomic mass is 16.2. The first-order valence-electron chi connectivity index (χ1n) is 8.42. The monoisotopic (exact) mass is 349 g/mol. The summed E-state index contributed by atoms with van der Waals surface area (Å²) >= 11 is 0. The molecule has 0 aliphatic carbocycles. The van der Waals surface area contributed by atoms with Gasteiger partial charge in [-0.15, -0.1) is 0 Å². The van der Waals surface area contributed by atoms with Crippen molar-refractivity contribution in [2.24, 2.45) is 7.05 Å². The average Bonchev–Trinajstić information content (AvgIpc) is 3.29. The summed E-state index contributed by atoms with van der Waals surface area (Å²) in [5.74, 6) is 0.517. The van der Waals surface area contributed by atoms with Gasteiger partial charge in [0, 0.05) is 50.8 Å². The van der Waals surface area contributed by atoms with Gasteiger partial charge >= 0.3 is 0 Å². The topological polar surface area (TPSA) is 88.8 Å². The number of hydrogen-bond donors (Lipinski definition) is 1. The van der Waals surface area contributed by atoms with Crippen LogP contribution in [0, 0.1) is 0 Å². The number of nitrogens with one attached hydrogen (secondary N) is 1. The molecule has 26 heavy (non-hydrogen) atoms. The quantitative estimate of drug-likeness (QED) is 0.764. The number of likely N-dealkylation sites (tertiary alicyclic amines) is 1. The number of carbonyl (C=O) groups excluding carboxylic acids is 1. The highest BCUT2D eigenvalue weighted by Crippen LogP contribution is 2.29. The van der Waals surface area contributed by atoms with Crippen LogP contribution >= 0.6 is 0 Å². The second kappa shape index (κ2) is 6.91. The summed E-state index contributed by atoms with van der Waals surface area (Å²) in [6.07, 6.45) is 8.77. The van der Waals surface area contributed by atoms with E-state index in [0.29, 0.717) is 24.7 Å². The number of amides is 1. The largest absolute Gasteiger partial charge is 0.349 e. The maximum absolute atomic E-state index is 12.8. The van der Waals surface area contributed by atoms with Crippen LogP contribution in [-0.2, 0) is 7.05 Å². The van der Waals surface area contributed by atoms with E-state index in [2.05, 4.69) is 25.3 Å². The Morgan fingerprint density at radius 2 is 1.88 bits per heavy atom. The van der Waals surface area contributed by atoms with Gasteiger partial charge in [-0.1, -0.05) is 6.07 Å². The molecular weight excluding hydrogens is 330 g/mol. The molecule has 4 heterocycles. The maximum Gasteiger partial charge on any atom is 0.272 e. The molecule has 0 bridgehead atoms. The summed E-state index contributed by atoms with van der Waals surface area (Å²) in [5.41, 5.74) is 1.39. The molecule has 8 heteroatoms. The van der Waals surface area contributed by atoms with Crippen molar-refractivity contribution in [3.8, 4) is 0 Å². The first-order valence-corrected chi connectivity index (χ1v) is 8.42. The second-order valence-corrected chi connectivity index (χ2v) is 6.32. The molecule has 0 spiro atoms. The molecule has 4 rings (SSSR count). The van der Waals surface area contributed by atoms with Gasteiger partial charge in [-0.05, 0) is 18.2 Å². The minimum Gasteiger partial charge on any atom is -0.349 e. The van der Waals surface area contributed by atoms with Crippen LogP contribution in [-0.4, -0.2) is 54.4 Å². The molecule has 1 aliphatic rings. The summed E-state index contributed by atoms with van der Waals surface area (Å²) in [6, 6.07) is 7.10. The van der Waals surface area contributed by atoms with Crippen molar-refractivity contribution >= 4 is 11.9 Å². The molecule has 2 atom stereocenters. The Labute approximate surface area is 150 Å². The summed E-state index contributed by atoms with van der Waals surface area (Å²) in [6.45, 7) is 1.10. The van der Waals surface area contributed by atoms with Gasteiger partial charge in [-0.3, -0.25) is 9.78 Å². The zero-order valence-corrected chi connectivity index (χ0v) is 14.4. The number of aryl methyl sites for hydroxylation is 1. The summed E-state index contributed by atoms with van der Waals surface area (Å²) in [4.78, 5) is 31.8. The molecule has 1 aliphatic heterocycles. The van der Waals surface area contributed by atoms with Crippen molar-refractivity contribution in [1.29, 1.82) is 0 Å². The Kier molecular flexibility index (Phi) is 4.30. The molecule has 1 fully saturated rings. The third-order valence-electron chi connectivity index (χ3n) is 4.48. The lowest BCUT2D eigenvalue weighted by molar-refractivity contribution is 0.0784. The molecule has 0 unspecified atom stereocenters. The molecule has 0 aromatic carbocycles. The van der Waals surface area contributed by atoms with Crippen LogP contribution in [0.25, 0.3) is 0 Å². The summed E-state index contributed by atoms with van der Waals surface area (Å²) in [7, 11) is 1.94. The summed E-state index contributed by atoms with van der Waals surface area (Å²) in [5, 5.41) is 3.35. The SMILES string of the molecule is Cn1cnc([C@@H]2CN(C(=O)c3ccccn3)C[C@H]2Nc2ncccn2)c1. The standard InChI is InChI=1S/C18H19N7O/c1-24-10-15(22-12-24)13-9-25(17(26)14-5-2-3-6-19-14)11-16(13)23-18-20-7-4-8-21-18/h2-8,10,12-13,16H,9,11H2,1H3,(H,20,21,23)/t13-,16+/m0/s1. The summed E-state index contributed by atoms with van der Waals surface area (Å²) < 4.78 is 1.91. The van der Waals surface area contributed by atoms with E-state index in [1.54, 1.807) is 43.1 Å². The van der Waals surface area contributed by atoms with Crippen LogP contribution in [0.1, 0.15) is 22.1 Å². The number of imidazole rings is 1. The van der Waals surface area contributed by atoms with Crippen LogP contribution in [0.5, 0.6) is 0 Å². The Morgan fingerprint density at radius 1 is 1.08 bits per heavy atom. The maximum atomic E-state index is 12.8. The third kappa shape index (κ3) is 3.26. The molecule has 0 radical (unpaired) electrons. The van der Waals surface area contributed by atoms with Crippen molar-refractivity contribution in [1.82, 2.24) is 29.4 Å². The number of hydrogen-bond acceptors (Lipinski definition) is 6. The van der Waals surface area contributed by atoms with Gasteiger partial charge in [-0.25, -0.2) is 15.0 Å². The second-order valence-electron chi connectivity index (χ2n) is 6.32. The van der Waals surface area contributed by atoms with Gasteiger partial charge in [0.1, 0.15) is 5.69 Å². The Hall–Kier alpha value is -3.29. The Bertz CT molecular complexity index is 881. The smallest absolute Gasteiger partial charge is 0.272 e. The van der Waals surface area contributed by atoms with Crippen molar-refractivity contribution in [2.75, 3.05) is 18.4 Å². The fourth-order valence-corrected chi connectivity index (χ4v) is 3.23. The van der Waals surface area contributed by atoms with Gasteiger partial charge in [-0.2, -0.15) is 0 Å². The van der Waals surface area contributed by atoms with Gasteiger partial charge < -0.3 is 14.8 Å². The molecule has 8 nitrogen and oxygen atoms in total. The minimum atomic E-state index is -0.0789. The fraction of sp³-hybridized carbons (Fsp3) is 0.278. The van der Waals surface area contributed by atoms with Crippen LogP contribution < -0.4 is 5.32 Å². The lowest BCUT2D eigenvalue weighted by Gasteiger charge is -2.17. The van der Waals surface area contributed by atoms with Crippen LogP contribution in [0.2, 0.25) is 0 Å². The van der Waals surface area contributed by atoms with Crippen LogP contribution in [0.3, 0.4) is 0 Å². The van der Waals surface area contributed by atoms with Gasteiger partial charge in [0.25, 0.3) is 5.91 Å². The van der Waals surface area contributed by atoms with E-state index in [0.717, 1.165) is 5.69 Å². The first-order chi connectivity index (χ1) is 12.7. The molecule has 1 amide bonds. The van der Waals surface area contributed by atoms with Crippen LogP contribution in [0.15, 0.2) is 55.4 Å². The zero-order valence-electron chi connectivity index (χ0n) is 14.4. The van der Waals surface area contributed by atoms with Crippen molar-refractivity contribution in [2.45, 2.75) is 12.0 Å². The number of rotatable bonds is 4. The van der Waals surface area contributed by atoms with Crippen LogP contribution in [0.4, 0.5) is 5.95 Å². The lowest BCUT2D eigenvalue weighted by Crippen LogP contribution is -2.32. The minimum absolute atomic E-state index is 0.0278. The van der Waals surface area contributed by atoms with E-state index in [-0.39, 0.29) is 17.9 Å². The average molecular weight is 349 g/mol. The van der Waals surface area contributed by atoms with Gasteiger partial charge in [0.15, 0.2) is 0 Å². The molecule has 132 valence electrons. The van der Waals surface area contributed by atoms with E-state index in [1.165, 1.54) is 0 Å². The van der Waals surface area contributed by atoms with Gasteiger partial charge in [0.2, 0.25) is 5.95 Å². The molecular formula is C18H19N7O. The van der Waals surface area contributed by atoms with E-state index in [9.17, 15) is 4.79 Å². The number of anilines is 1. The van der Waals surface area contributed by atoms with E-state index < -0.39 is 0 Å². The predicted octanol–water partition coefficient (Wildman–Crippen LogP) is 1.33. The Morgan fingerprint density at radius 3 is 2.58 bits per heavy atom. The highest BCUT2D eigenvalue weighted by Gasteiger charge is 2.38. The molecule has 3 aromatic rings. The first kappa shape index (κ1) is 16.2. The molecule has 0 saturated carbocycles. The lowest BCUT2D eigenvalue weighted by atomic mass is 10.0. The molecule has 1 N–H and O–H groups in total. The van der Waals surface area contributed by atoms with E-state index in [4.69, 9.17) is 0 Å². The van der Waals surface area contributed by atoms with E-state index in [1.807, 2.05) is 28.8 Å². The third-order valence-corrected chi connectivity index (χ3v) is 4.48. The number of nitrogens with zero attached hydrogens (tertiary/aromatic N) is 6. The predicted molar refractivity (Wildman–Crippen MR) is 95.5 cm³/mol. The van der Waals surface area contributed by atoms with Crippen molar-refractivity contribution in [3.05, 3.63) is 66.8 Å². The Balaban J connectivity index is 1.59. The number of pyridine rings is 1. The highest BCUT2D eigenvalue weighted by molar-refractivity contribution is 5.92. The number of aromatic nitrogens is 5. The number of carbonyl (C=O) groups is 1. The molecule has 3 aromatic heterocycles. The fourth-order valence-electron chi connectivity index (χ4n) is 3.23. The van der Waals surface area contributed by atoms with Crippen molar-refractivity contribution in [3.63, 3.8) is 0 Å². The zero-order chi connectivity index (χ0) is 17.9. The van der Waals surface area contributed by atoms with Crippen molar-refractivity contribution < 1.29 is 4.79 Å². The van der Waals surface area contributed by atoms with E-state index >= 15 is 0 Å². The molecule has 1 saturated heterocycles. The normalized spacial score (nSPS) is 19.5.